The van der Waals surface area contributed by atoms with Gasteiger partial charge in [0.15, 0.2) is 27.2 Å². The summed E-state index contributed by atoms with van der Waals surface area (Å²) in [5.41, 5.74) is 0.0512. The zero-order valence-corrected chi connectivity index (χ0v) is 50.5. The number of ketones is 1. The van der Waals surface area contributed by atoms with Crippen LogP contribution in [-0.4, -0.2) is 89.1 Å². The van der Waals surface area contributed by atoms with Crippen LogP contribution in [0, 0.1) is 92.4 Å². The molecule has 8 aliphatic rings. The second-order valence-corrected chi connectivity index (χ2v) is 32.6. The van der Waals surface area contributed by atoms with Crippen molar-refractivity contribution in [3.05, 3.63) is 18.3 Å². The van der Waals surface area contributed by atoms with Crippen LogP contribution in [0.4, 0.5) is 0 Å². The van der Waals surface area contributed by atoms with Gasteiger partial charge in [-0.05, 0) is 159 Å². The highest BCUT2D eigenvalue weighted by Gasteiger charge is 2.72. The van der Waals surface area contributed by atoms with Crippen molar-refractivity contribution in [1.82, 2.24) is 0 Å². The number of fused-ring (bicyclic) bond motifs is 7. The average Bonchev–Trinajstić information content (AvgIpc) is 3.35. The van der Waals surface area contributed by atoms with Crippen molar-refractivity contribution in [2.24, 2.45) is 85.8 Å². The van der Waals surface area contributed by atoms with Crippen molar-refractivity contribution < 1.29 is 47.2 Å². The van der Waals surface area contributed by atoms with E-state index >= 15 is 0 Å². The normalized spacial score (nSPS) is 50.9. The molecule has 0 bridgehead atoms. The molecule has 24 atom stereocenters. The lowest BCUT2D eigenvalue weighted by Gasteiger charge is -2.72. The highest BCUT2D eigenvalue weighted by atomic mass is 28.4. The summed E-state index contributed by atoms with van der Waals surface area (Å²) in [7, 11) is -0.267. The number of hydrogen-bond donors (Lipinski definition) is 0. The second kappa shape index (κ2) is 21.2. The molecule has 11 heteroatoms. The van der Waals surface area contributed by atoms with Crippen LogP contribution in [0.15, 0.2) is 11.6 Å². The van der Waals surface area contributed by atoms with Gasteiger partial charge in [-0.25, -0.2) is 0 Å². The number of methoxy groups -OCH3 is 1. The summed E-state index contributed by atoms with van der Waals surface area (Å²) in [6.07, 6.45) is 9.05. The maximum absolute atomic E-state index is 14.3. The Morgan fingerprint density at radius 2 is 1.38 bits per heavy atom. The van der Waals surface area contributed by atoms with Crippen LogP contribution in [0.5, 0.6) is 0 Å². The summed E-state index contributed by atoms with van der Waals surface area (Å²) in [5.74, 6) is 2.14. The van der Waals surface area contributed by atoms with Crippen molar-refractivity contribution in [1.29, 1.82) is 0 Å². The number of hydrogen-bond acceptors (Lipinski definition) is 10. The Balaban J connectivity index is 1.13. The first-order valence-electron chi connectivity index (χ1n) is 29.9. The maximum atomic E-state index is 14.3. The minimum atomic E-state index is -2.11. The van der Waals surface area contributed by atoms with E-state index in [1.807, 2.05) is 20.6 Å². The van der Waals surface area contributed by atoms with Crippen LogP contribution in [0.25, 0.3) is 0 Å². The van der Waals surface area contributed by atoms with Gasteiger partial charge in [-0.2, -0.15) is 0 Å². The smallest absolute Gasteiger partial charge is 0.192 e. The summed E-state index contributed by atoms with van der Waals surface area (Å²) in [5, 5.41) is 0. The van der Waals surface area contributed by atoms with E-state index in [4.69, 9.17) is 37.6 Å². The van der Waals surface area contributed by atoms with Gasteiger partial charge in [-0.3, -0.25) is 4.79 Å². The van der Waals surface area contributed by atoms with Gasteiger partial charge in [0.25, 0.3) is 0 Å². The molecule has 0 amide bonds. The van der Waals surface area contributed by atoms with Gasteiger partial charge in [0.2, 0.25) is 0 Å². The van der Waals surface area contributed by atoms with Crippen molar-refractivity contribution in [2.45, 2.75) is 269 Å². The molecule has 8 rings (SSSR count). The molecule has 417 valence electrons. The first kappa shape index (κ1) is 58.1. The van der Waals surface area contributed by atoms with Crippen molar-refractivity contribution in [3.63, 3.8) is 0 Å². The molecular formula is C62H105O10Si. The quantitative estimate of drug-likeness (QED) is 0.0681. The predicted octanol–water partition coefficient (Wildman–Crippen LogP) is 13.9. The fraction of sp³-hybridized carbons (Fsp3) is 0.919. The number of Topliss-reactive ketones (excluding diaryl/α,β-unsaturated/α-hetero) is 1. The van der Waals surface area contributed by atoms with Gasteiger partial charge >= 0.3 is 0 Å². The summed E-state index contributed by atoms with van der Waals surface area (Å²) >= 11 is 0. The van der Waals surface area contributed by atoms with Gasteiger partial charge < -0.3 is 42.4 Å². The van der Waals surface area contributed by atoms with Crippen LogP contribution < -0.4 is 0 Å². The van der Waals surface area contributed by atoms with Crippen LogP contribution in [0.3, 0.4) is 0 Å². The Morgan fingerprint density at radius 3 is 2.00 bits per heavy atom. The van der Waals surface area contributed by atoms with E-state index < -0.39 is 56.3 Å². The second-order valence-electron chi connectivity index (χ2n) is 27.9. The van der Waals surface area contributed by atoms with Crippen LogP contribution in [-0.2, 0) is 47.2 Å². The molecule has 0 aromatic carbocycles. The van der Waals surface area contributed by atoms with Crippen molar-refractivity contribution in [3.8, 4) is 0 Å². The molecule has 5 aliphatic carbocycles. The fourth-order valence-electron chi connectivity index (χ4n) is 18.1. The molecule has 3 heterocycles. The molecule has 0 aromatic rings. The zero-order valence-electron chi connectivity index (χ0n) is 49.5. The van der Waals surface area contributed by atoms with Crippen molar-refractivity contribution in [2.75, 3.05) is 7.11 Å². The first-order valence-corrected chi connectivity index (χ1v) is 32.4. The Labute approximate surface area is 445 Å². The SMILES string of the molecule is CCC1O[C@@H](OC2[C@H](O[C@H]3CCC4(C)C5CC=C6C7CC(C)(C)CC[C@]7(C(C)=O)C(OC)CC6(C)C5(C)CC[C@H]4[C@@]3(C)C=O)O[CH][C@H](C)[C@@H]2O[C@H]2O[C@@H](C)[C@@H](C)C(C)C2C)C(O[Si](CC)(CC)CC)[C@@H](C)[C@H]1C. The van der Waals surface area contributed by atoms with Gasteiger partial charge in [0.1, 0.15) is 18.2 Å². The number of rotatable bonds is 15. The van der Waals surface area contributed by atoms with E-state index in [1.165, 1.54) is 11.9 Å². The summed E-state index contributed by atoms with van der Waals surface area (Å²) in [6, 6.07) is 3.08. The van der Waals surface area contributed by atoms with Crippen LogP contribution >= 0.6 is 0 Å². The summed E-state index contributed by atoms with van der Waals surface area (Å²) in [4.78, 5) is 28.3. The fourth-order valence-corrected chi connectivity index (χ4v) is 21.0. The Bertz CT molecular complexity index is 1980. The molecule has 1 radical (unpaired) electrons. The van der Waals surface area contributed by atoms with E-state index in [-0.39, 0.29) is 81.6 Å². The third-order valence-electron chi connectivity index (χ3n) is 24.3. The lowest BCUT2D eigenvalue weighted by molar-refractivity contribution is -0.365. The van der Waals surface area contributed by atoms with Crippen LogP contribution in [0.2, 0.25) is 18.1 Å². The molecule has 0 aromatic heterocycles. The van der Waals surface area contributed by atoms with E-state index in [2.05, 4.69) is 124 Å². The molecule has 0 spiro atoms. The minimum absolute atomic E-state index is 0.00238. The molecule has 10 nitrogen and oxygen atoms in total. The molecular weight excluding hydrogens is 933 g/mol. The number of ether oxygens (including phenoxy) is 7. The number of carbonyl (C=O) groups is 2. The Hall–Kier alpha value is -1.02. The summed E-state index contributed by atoms with van der Waals surface area (Å²) in [6.45, 7) is 43.1. The number of aldehydes is 1. The molecule has 0 N–H and O–H groups in total. The van der Waals surface area contributed by atoms with Crippen LogP contribution in [0.1, 0.15) is 189 Å². The predicted molar refractivity (Wildman–Crippen MR) is 290 cm³/mol. The van der Waals surface area contributed by atoms with Crippen molar-refractivity contribution >= 4 is 20.4 Å². The first-order chi connectivity index (χ1) is 34.2. The van der Waals surface area contributed by atoms with Gasteiger partial charge in [-0.15, -0.1) is 0 Å². The lowest BCUT2D eigenvalue weighted by Crippen LogP contribution is -2.68. The molecule has 11 unspecified atom stereocenters. The zero-order chi connectivity index (χ0) is 53.6. The Kier molecular flexibility index (Phi) is 16.9. The molecule has 3 aliphatic heterocycles. The molecule has 7 fully saturated rings. The molecule has 4 saturated carbocycles. The van der Waals surface area contributed by atoms with E-state index in [0.717, 1.165) is 75.9 Å². The number of carbonyl (C=O) groups excluding carboxylic acids is 2. The topological polar surface area (TPSA) is 108 Å². The largest absolute Gasteiger partial charge is 0.408 e. The van der Waals surface area contributed by atoms with Gasteiger partial charge in [0.05, 0.1) is 54.1 Å². The van der Waals surface area contributed by atoms with E-state index in [1.54, 1.807) is 0 Å². The van der Waals surface area contributed by atoms with Gasteiger partial charge in [-0.1, -0.05) is 122 Å². The Morgan fingerprint density at radius 1 is 0.712 bits per heavy atom. The highest BCUT2D eigenvalue weighted by Crippen LogP contribution is 2.76. The standard InChI is InChI=1S/C62H105O10Si/c1-20-46-39(8)40(9)52(72-73(21-2,22-3)23-4)56(68-46)71-53-51(70-54-41(10)37(6)38(7)42(11)67-54)36(5)34-66-55(53)69-49-27-28-58(15)47(59(49,16)35-63)26-29-60(17)48(58)25-24-44-45-32-57(13,14)30-31-62(45,43(12)64)50(65-19)33-61(44,60)18/h24,34-42,45-56H,20-23,25-33H2,1-19H3/t36-,37?,38-,39+,40-,41?,42-,45?,46?,47+,48?,49-,50?,51-,52?,53?,54+,55-,56-,58?,59+,60?,61?,62+/m0/s1. The number of allylic oxidation sites excluding steroid dienone is 2. The monoisotopic (exact) mass is 1040 g/mol. The maximum Gasteiger partial charge on any atom is 0.192 e. The molecule has 73 heavy (non-hydrogen) atoms. The molecule has 3 saturated heterocycles. The summed E-state index contributed by atoms with van der Waals surface area (Å²) < 4.78 is 56.9. The highest BCUT2D eigenvalue weighted by molar-refractivity contribution is 6.73. The average molecular weight is 1040 g/mol. The lowest BCUT2D eigenvalue weighted by atomic mass is 9.33. The third kappa shape index (κ3) is 9.36. The van der Waals surface area contributed by atoms with E-state index in [9.17, 15) is 9.59 Å². The minimum Gasteiger partial charge on any atom is -0.408 e. The van der Waals surface area contributed by atoms with Gasteiger partial charge in [0, 0.05) is 18.9 Å². The van der Waals surface area contributed by atoms with E-state index in [0.29, 0.717) is 30.0 Å². The third-order valence-corrected chi connectivity index (χ3v) is 29.0.